The summed E-state index contributed by atoms with van der Waals surface area (Å²) in [5.74, 6) is 0.899. The van der Waals surface area contributed by atoms with Crippen LogP contribution in [0.25, 0.3) is 0 Å². The van der Waals surface area contributed by atoms with Gasteiger partial charge < -0.3 is 10.1 Å². The van der Waals surface area contributed by atoms with Crippen LogP contribution in [0.1, 0.15) is 25.1 Å². The Kier molecular flexibility index (Phi) is 5.65. The second-order valence-corrected chi connectivity index (χ2v) is 6.85. The second-order valence-electron chi connectivity index (χ2n) is 5.08. The maximum Gasteiger partial charge on any atom is 0.120 e. The van der Waals surface area contributed by atoms with E-state index >= 15 is 0 Å². The molecule has 2 aromatic rings. The van der Waals surface area contributed by atoms with Crippen LogP contribution in [0.4, 0.5) is 5.69 Å². The third kappa shape index (κ3) is 4.71. The molecule has 0 unspecified atom stereocenters. The molecule has 0 atom stereocenters. The Morgan fingerprint density at radius 1 is 1.24 bits per heavy atom. The lowest BCUT2D eigenvalue weighted by molar-refractivity contribution is 0.242. The van der Waals surface area contributed by atoms with Crippen LogP contribution < -0.4 is 10.1 Å². The fourth-order valence-corrected chi connectivity index (χ4v) is 3.06. The van der Waals surface area contributed by atoms with Crippen LogP contribution in [-0.4, -0.2) is 11.1 Å². The fourth-order valence-electron chi connectivity index (χ4n) is 1.93. The number of aromatic nitrogens is 1. The normalized spacial score (nSPS) is 10.8. The molecular formula is C16H18Br2N2O. The maximum absolute atomic E-state index is 5.69. The first-order valence-electron chi connectivity index (χ1n) is 6.77. The van der Waals surface area contributed by atoms with Gasteiger partial charge in [0.2, 0.25) is 0 Å². The third-order valence-corrected chi connectivity index (χ3v) is 4.02. The Morgan fingerprint density at radius 3 is 2.62 bits per heavy atom. The van der Waals surface area contributed by atoms with Crippen molar-refractivity contribution in [1.82, 2.24) is 4.98 Å². The number of halogens is 2. The molecule has 2 rings (SSSR count). The van der Waals surface area contributed by atoms with E-state index in [-0.39, 0.29) is 6.10 Å². The lowest BCUT2D eigenvalue weighted by atomic mass is 10.2. The fraction of sp³-hybridized carbons (Fsp3) is 0.312. The Morgan fingerprint density at radius 2 is 2.00 bits per heavy atom. The molecule has 1 aromatic carbocycles. The van der Waals surface area contributed by atoms with Crippen LogP contribution in [0.5, 0.6) is 5.75 Å². The highest BCUT2D eigenvalue weighted by atomic mass is 79.9. The van der Waals surface area contributed by atoms with Crippen LogP contribution in [0.2, 0.25) is 0 Å². The van der Waals surface area contributed by atoms with Crippen molar-refractivity contribution >= 4 is 37.5 Å². The number of hydrogen-bond acceptors (Lipinski definition) is 3. The topological polar surface area (TPSA) is 34.1 Å². The maximum atomic E-state index is 5.69. The van der Waals surface area contributed by atoms with Crippen molar-refractivity contribution in [2.45, 2.75) is 33.4 Å². The largest absolute Gasteiger partial charge is 0.491 e. The van der Waals surface area contributed by atoms with E-state index in [1.807, 2.05) is 38.1 Å². The first-order chi connectivity index (χ1) is 9.95. The molecule has 1 heterocycles. The van der Waals surface area contributed by atoms with Gasteiger partial charge in [0.15, 0.2) is 0 Å². The molecule has 5 heteroatoms. The minimum Gasteiger partial charge on any atom is -0.491 e. The van der Waals surface area contributed by atoms with Crippen LogP contribution in [0, 0.1) is 6.92 Å². The SMILES string of the molecule is Cc1cc(OC(C)C)ccc1NCc1ncc(Br)cc1Br. The number of hydrogen-bond donors (Lipinski definition) is 1. The zero-order valence-corrected chi connectivity index (χ0v) is 15.5. The Bertz CT molecular complexity index is 630. The summed E-state index contributed by atoms with van der Waals surface area (Å²) in [7, 11) is 0. The van der Waals surface area contributed by atoms with E-state index in [9.17, 15) is 0 Å². The highest BCUT2D eigenvalue weighted by Crippen LogP contribution is 2.24. The summed E-state index contributed by atoms with van der Waals surface area (Å²) in [6, 6.07) is 8.07. The number of nitrogens with one attached hydrogen (secondary N) is 1. The van der Waals surface area contributed by atoms with Crippen molar-refractivity contribution in [3.63, 3.8) is 0 Å². The number of aryl methyl sites for hydroxylation is 1. The summed E-state index contributed by atoms with van der Waals surface area (Å²) in [6.07, 6.45) is 1.99. The quantitative estimate of drug-likeness (QED) is 0.720. The lowest BCUT2D eigenvalue weighted by Gasteiger charge is -2.14. The van der Waals surface area contributed by atoms with Gasteiger partial charge in [0.1, 0.15) is 5.75 Å². The summed E-state index contributed by atoms with van der Waals surface area (Å²) in [6.45, 7) is 6.79. The van der Waals surface area contributed by atoms with Crippen molar-refractivity contribution < 1.29 is 4.74 Å². The molecule has 112 valence electrons. The summed E-state index contributed by atoms with van der Waals surface area (Å²) < 4.78 is 7.64. The van der Waals surface area contributed by atoms with E-state index in [4.69, 9.17) is 4.74 Å². The zero-order chi connectivity index (χ0) is 15.4. The number of pyridine rings is 1. The number of ether oxygens (including phenoxy) is 1. The van der Waals surface area contributed by atoms with E-state index in [1.54, 1.807) is 6.20 Å². The highest BCUT2D eigenvalue weighted by molar-refractivity contribution is 9.11. The number of rotatable bonds is 5. The van der Waals surface area contributed by atoms with E-state index in [0.717, 1.165) is 31.6 Å². The standard InChI is InChI=1S/C16H18Br2N2O/c1-10(2)21-13-4-5-15(11(3)6-13)20-9-16-14(18)7-12(17)8-19-16/h4-8,10,20H,9H2,1-3H3. The zero-order valence-electron chi connectivity index (χ0n) is 12.3. The van der Waals surface area contributed by atoms with Gasteiger partial charge in [-0.3, -0.25) is 4.98 Å². The van der Waals surface area contributed by atoms with Gasteiger partial charge in [0.25, 0.3) is 0 Å². The third-order valence-electron chi connectivity index (χ3n) is 2.90. The van der Waals surface area contributed by atoms with Gasteiger partial charge in [-0.05, 0) is 82.5 Å². The van der Waals surface area contributed by atoms with E-state index in [2.05, 4.69) is 49.1 Å². The molecule has 0 aliphatic carbocycles. The molecule has 0 bridgehead atoms. The van der Waals surface area contributed by atoms with E-state index in [0.29, 0.717) is 6.54 Å². The van der Waals surface area contributed by atoms with Crippen molar-refractivity contribution in [3.05, 3.63) is 50.7 Å². The minimum absolute atomic E-state index is 0.186. The molecule has 0 fully saturated rings. The van der Waals surface area contributed by atoms with Gasteiger partial charge in [-0.25, -0.2) is 0 Å². The van der Waals surface area contributed by atoms with E-state index < -0.39 is 0 Å². The average molecular weight is 414 g/mol. The van der Waals surface area contributed by atoms with Gasteiger partial charge in [-0.2, -0.15) is 0 Å². The molecular weight excluding hydrogens is 396 g/mol. The smallest absolute Gasteiger partial charge is 0.120 e. The van der Waals surface area contributed by atoms with Gasteiger partial charge in [0, 0.05) is 20.8 Å². The van der Waals surface area contributed by atoms with Gasteiger partial charge in [-0.1, -0.05) is 0 Å². The van der Waals surface area contributed by atoms with Crippen LogP contribution in [0.3, 0.4) is 0 Å². The molecule has 0 radical (unpaired) electrons. The number of anilines is 1. The number of nitrogens with zero attached hydrogens (tertiary/aromatic N) is 1. The first-order valence-corrected chi connectivity index (χ1v) is 8.35. The summed E-state index contributed by atoms with van der Waals surface area (Å²) in [4.78, 5) is 4.40. The molecule has 0 aliphatic heterocycles. The monoisotopic (exact) mass is 412 g/mol. The molecule has 0 aliphatic rings. The van der Waals surface area contributed by atoms with Gasteiger partial charge >= 0.3 is 0 Å². The van der Waals surface area contributed by atoms with Gasteiger partial charge in [-0.15, -0.1) is 0 Å². The molecule has 0 saturated carbocycles. The van der Waals surface area contributed by atoms with Crippen molar-refractivity contribution in [3.8, 4) is 5.75 Å². The van der Waals surface area contributed by atoms with Crippen LogP contribution in [0.15, 0.2) is 39.4 Å². The Balaban J connectivity index is 2.06. The molecule has 0 amide bonds. The van der Waals surface area contributed by atoms with Crippen LogP contribution in [-0.2, 0) is 6.54 Å². The molecule has 21 heavy (non-hydrogen) atoms. The van der Waals surface area contributed by atoms with Crippen molar-refractivity contribution in [2.75, 3.05) is 5.32 Å². The van der Waals surface area contributed by atoms with E-state index in [1.165, 1.54) is 0 Å². The van der Waals surface area contributed by atoms with Crippen molar-refractivity contribution in [2.24, 2.45) is 0 Å². The summed E-state index contributed by atoms with van der Waals surface area (Å²) in [5, 5.41) is 3.41. The summed E-state index contributed by atoms with van der Waals surface area (Å²) >= 11 is 6.93. The predicted molar refractivity (Wildman–Crippen MR) is 93.9 cm³/mol. The van der Waals surface area contributed by atoms with Crippen LogP contribution >= 0.6 is 31.9 Å². The number of benzene rings is 1. The predicted octanol–water partition coefficient (Wildman–Crippen LogP) is 5.31. The molecule has 0 saturated heterocycles. The molecule has 1 aromatic heterocycles. The highest BCUT2D eigenvalue weighted by Gasteiger charge is 2.05. The molecule has 0 spiro atoms. The lowest BCUT2D eigenvalue weighted by Crippen LogP contribution is -2.07. The Hall–Kier alpha value is -1.07. The minimum atomic E-state index is 0.186. The first kappa shape index (κ1) is 16.3. The average Bonchev–Trinajstić information content (AvgIpc) is 2.39. The Labute approximate surface area is 142 Å². The second kappa shape index (κ2) is 7.27. The molecule has 3 nitrogen and oxygen atoms in total. The van der Waals surface area contributed by atoms with Crippen molar-refractivity contribution in [1.29, 1.82) is 0 Å². The van der Waals surface area contributed by atoms with Gasteiger partial charge in [0.05, 0.1) is 18.3 Å². The summed E-state index contributed by atoms with van der Waals surface area (Å²) in [5.41, 5.74) is 3.21. The molecule has 1 N–H and O–H groups in total.